The summed E-state index contributed by atoms with van der Waals surface area (Å²) in [7, 11) is 0. The zero-order valence-corrected chi connectivity index (χ0v) is 11.1. The Balaban J connectivity index is 2.69. The second-order valence-electron chi connectivity index (χ2n) is 4.32. The van der Waals surface area contributed by atoms with Gasteiger partial charge in [0.25, 0.3) is 0 Å². The van der Waals surface area contributed by atoms with Crippen LogP contribution in [-0.4, -0.2) is 6.61 Å². The number of rotatable bonds is 3. The van der Waals surface area contributed by atoms with Gasteiger partial charge in [-0.2, -0.15) is 4.57 Å². The van der Waals surface area contributed by atoms with E-state index in [1.807, 2.05) is 6.92 Å². The van der Waals surface area contributed by atoms with E-state index in [1.54, 1.807) is 0 Å². The summed E-state index contributed by atoms with van der Waals surface area (Å²) in [6.45, 7) is 10.2. The molecule has 2 heteroatoms. The van der Waals surface area contributed by atoms with Crippen LogP contribution in [0.25, 0.3) is 10.9 Å². The summed E-state index contributed by atoms with van der Waals surface area (Å²) >= 11 is 0. The molecular weight excluding hydrogens is 210 g/mol. The average Bonchev–Trinajstić information content (AvgIpc) is 2.31. The van der Waals surface area contributed by atoms with E-state index in [4.69, 9.17) is 4.74 Å². The third kappa shape index (κ3) is 2.12. The molecule has 2 aromatic rings. The Kier molecular flexibility index (Phi) is 3.32. The van der Waals surface area contributed by atoms with E-state index in [0.29, 0.717) is 6.61 Å². The third-order valence-electron chi connectivity index (χ3n) is 3.16. The van der Waals surface area contributed by atoms with Crippen LogP contribution in [-0.2, 0) is 6.54 Å². The number of ether oxygens (including phenoxy) is 1. The molecule has 0 unspecified atom stereocenters. The van der Waals surface area contributed by atoms with Crippen LogP contribution in [0, 0.1) is 13.8 Å². The van der Waals surface area contributed by atoms with Crippen LogP contribution in [0.3, 0.4) is 0 Å². The molecule has 1 heterocycles. The van der Waals surface area contributed by atoms with E-state index in [2.05, 4.69) is 49.6 Å². The number of pyridine rings is 1. The fraction of sp³-hybridized carbons (Fsp3) is 0.400. The van der Waals surface area contributed by atoms with Crippen molar-refractivity contribution in [2.45, 2.75) is 34.2 Å². The zero-order chi connectivity index (χ0) is 12.4. The van der Waals surface area contributed by atoms with Gasteiger partial charge in [-0.1, -0.05) is 0 Å². The second-order valence-corrected chi connectivity index (χ2v) is 4.32. The molecule has 0 radical (unpaired) electrons. The molecule has 1 aromatic heterocycles. The molecule has 0 aliphatic heterocycles. The van der Waals surface area contributed by atoms with Crippen LogP contribution in [0.1, 0.15) is 25.1 Å². The summed E-state index contributed by atoms with van der Waals surface area (Å²) in [5.41, 5.74) is 3.90. The molecule has 0 saturated carbocycles. The average molecular weight is 230 g/mol. The van der Waals surface area contributed by atoms with Gasteiger partial charge in [-0.15, -0.1) is 0 Å². The normalized spacial score (nSPS) is 10.8. The Labute approximate surface area is 103 Å². The molecule has 0 amide bonds. The fourth-order valence-electron chi connectivity index (χ4n) is 2.40. The van der Waals surface area contributed by atoms with Crippen molar-refractivity contribution in [2.24, 2.45) is 0 Å². The fourth-order valence-corrected chi connectivity index (χ4v) is 2.40. The van der Waals surface area contributed by atoms with Gasteiger partial charge in [-0.25, -0.2) is 0 Å². The van der Waals surface area contributed by atoms with Crippen LogP contribution in [0.5, 0.6) is 5.75 Å². The van der Waals surface area contributed by atoms with Crippen molar-refractivity contribution in [2.75, 3.05) is 6.61 Å². The second kappa shape index (κ2) is 4.74. The van der Waals surface area contributed by atoms with Crippen LogP contribution in [0.15, 0.2) is 24.3 Å². The van der Waals surface area contributed by atoms with Crippen molar-refractivity contribution in [1.82, 2.24) is 0 Å². The lowest BCUT2D eigenvalue weighted by molar-refractivity contribution is -0.673. The number of nitrogens with zero attached hydrogens (tertiary/aromatic N) is 1. The van der Waals surface area contributed by atoms with Gasteiger partial charge in [0.15, 0.2) is 5.69 Å². The number of hydrogen-bond donors (Lipinski definition) is 0. The zero-order valence-electron chi connectivity index (χ0n) is 11.1. The Morgan fingerprint density at radius 1 is 1.12 bits per heavy atom. The van der Waals surface area contributed by atoms with Crippen molar-refractivity contribution >= 4 is 10.9 Å². The van der Waals surface area contributed by atoms with E-state index < -0.39 is 0 Å². The molecule has 2 nitrogen and oxygen atoms in total. The highest BCUT2D eigenvalue weighted by atomic mass is 16.5. The molecule has 2 rings (SSSR count). The molecule has 0 spiro atoms. The van der Waals surface area contributed by atoms with Crippen LogP contribution >= 0.6 is 0 Å². The topological polar surface area (TPSA) is 13.1 Å². The molecule has 0 bridgehead atoms. The highest BCUT2D eigenvalue weighted by Gasteiger charge is 2.13. The summed E-state index contributed by atoms with van der Waals surface area (Å²) in [5, 5.41) is 1.28. The SMILES string of the molecule is CCOc1ccc2c(c1)c(C)cc(C)[n+]2CC. The smallest absolute Gasteiger partial charge is 0.213 e. The Morgan fingerprint density at radius 2 is 1.88 bits per heavy atom. The van der Waals surface area contributed by atoms with Gasteiger partial charge in [0.1, 0.15) is 12.3 Å². The minimum atomic E-state index is 0.712. The number of aryl methyl sites for hydroxylation is 3. The standard InChI is InChI=1S/C15H20NO/c1-5-16-12(4)9-11(3)14-10-13(17-6-2)7-8-15(14)16/h7-10H,5-6H2,1-4H3/q+1. The largest absolute Gasteiger partial charge is 0.494 e. The highest BCUT2D eigenvalue weighted by molar-refractivity contribution is 5.81. The van der Waals surface area contributed by atoms with Crippen LogP contribution in [0.4, 0.5) is 0 Å². The molecule has 0 fully saturated rings. The van der Waals surface area contributed by atoms with Gasteiger partial charge in [-0.3, -0.25) is 0 Å². The van der Waals surface area contributed by atoms with E-state index >= 15 is 0 Å². The summed E-state index contributed by atoms with van der Waals surface area (Å²) in [6.07, 6.45) is 0. The minimum absolute atomic E-state index is 0.712. The van der Waals surface area contributed by atoms with Crippen LogP contribution < -0.4 is 9.30 Å². The molecule has 17 heavy (non-hydrogen) atoms. The predicted molar refractivity (Wildman–Crippen MR) is 70.5 cm³/mol. The molecule has 0 aliphatic carbocycles. The van der Waals surface area contributed by atoms with E-state index in [-0.39, 0.29) is 0 Å². The lowest BCUT2D eigenvalue weighted by atomic mass is 10.1. The Bertz CT molecular complexity index is 546. The van der Waals surface area contributed by atoms with Gasteiger partial charge in [0.2, 0.25) is 5.52 Å². The first-order valence-electron chi connectivity index (χ1n) is 6.24. The molecule has 0 N–H and O–H groups in total. The third-order valence-corrected chi connectivity index (χ3v) is 3.16. The van der Waals surface area contributed by atoms with E-state index in [1.165, 1.54) is 22.2 Å². The van der Waals surface area contributed by atoms with Crippen molar-refractivity contribution in [1.29, 1.82) is 0 Å². The van der Waals surface area contributed by atoms with Gasteiger partial charge < -0.3 is 4.74 Å². The molecule has 90 valence electrons. The molecule has 0 atom stereocenters. The summed E-state index contributed by atoms with van der Waals surface area (Å²) in [5.74, 6) is 0.953. The van der Waals surface area contributed by atoms with Crippen molar-refractivity contribution in [3.63, 3.8) is 0 Å². The predicted octanol–water partition coefficient (Wildman–Crippen LogP) is 3.16. The number of fused-ring (bicyclic) bond motifs is 1. The maximum atomic E-state index is 5.56. The lowest BCUT2D eigenvalue weighted by Crippen LogP contribution is -2.36. The Hall–Kier alpha value is -1.57. The summed E-state index contributed by atoms with van der Waals surface area (Å²) in [4.78, 5) is 0. The van der Waals surface area contributed by atoms with Gasteiger partial charge in [-0.05, 0) is 38.5 Å². The first-order valence-corrected chi connectivity index (χ1v) is 6.24. The first kappa shape index (κ1) is 11.9. The quantitative estimate of drug-likeness (QED) is 0.738. The van der Waals surface area contributed by atoms with Crippen molar-refractivity contribution in [3.05, 3.63) is 35.5 Å². The molecule has 0 saturated heterocycles. The van der Waals surface area contributed by atoms with Gasteiger partial charge >= 0.3 is 0 Å². The van der Waals surface area contributed by atoms with Crippen molar-refractivity contribution < 1.29 is 9.30 Å². The molecule has 0 aliphatic rings. The Morgan fingerprint density at radius 3 is 2.53 bits per heavy atom. The molecular formula is C15H20NO+. The van der Waals surface area contributed by atoms with E-state index in [9.17, 15) is 0 Å². The monoisotopic (exact) mass is 230 g/mol. The van der Waals surface area contributed by atoms with Crippen LogP contribution in [0.2, 0.25) is 0 Å². The van der Waals surface area contributed by atoms with E-state index in [0.717, 1.165) is 12.3 Å². The minimum Gasteiger partial charge on any atom is -0.494 e. The van der Waals surface area contributed by atoms with Gasteiger partial charge in [0, 0.05) is 19.1 Å². The maximum absolute atomic E-state index is 5.56. The lowest BCUT2D eigenvalue weighted by Gasteiger charge is -2.08. The van der Waals surface area contributed by atoms with Crippen molar-refractivity contribution in [3.8, 4) is 5.75 Å². The number of aromatic nitrogens is 1. The summed E-state index contributed by atoms with van der Waals surface area (Å²) < 4.78 is 7.89. The number of hydrogen-bond acceptors (Lipinski definition) is 1. The molecule has 1 aromatic carbocycles. The summed E-state index contributed by atoms with van der Waals surface area (Å²) in [6, 6.07) is 8.59. The maximum Gasteiger partial charge on any atom is 0.213 e. The van der Waals surface area contributed by atoms with Gasteiger partial charge in [0.05, 0.1) is 12.0 Å². The highest BCUT2D eigenvalue weighted by Crippen LogP contribution is 2.22. The number of benzene rings is 1. The first-order chi connectivity index (χ1) is 8.17.